The maximum absolute atomic E-state index is 12.2. The molecule has 0 unspecified atom stereocenters. The molecule has 0 aliphatic rings. The average Bonchev–Trinajstić information content (AvgIpc) is 2.57. The minimum atomic E-state index is -1.03. The van der Waals surface area contributed by atoms with E-state index < -0.39 is 18.0 Å². The molecule has 0 spiro atoms. The van der Waals surface area contributed by atoms with E-state index >= 15 is 0 Å². The Morgan fingerprint density at radius 1 is 1.12 bits per heavy atom. The Morgan fingerprint density at radius 3 is 2.38 bits per heavy atom. The summed E-state index contributed by atoms with van der Waals surface area (Å²) in [5, 5.41) is 3.14. The van der Waals surface area contributed by atoms with Crippen LogP contribution in [0.2, 0.25) is 10.0 Å². The number of hydrogen-bond donors (Lipinski definition) is 1. The Labute approximate surface area is 162 Å². The highest BCUT2D eigenvalue weighted by atomic mass is 35.5. The van der Waals surface area contributed by atoms with E-state index in [2.05, 4.69) is 5.32 Å². The summed E-state index contributed by atoms with van der Waals surface area (Å²) in [6, 6.07) is 10.5. The number of benzene rings is 2. The first-order valence-corrected chi connectivity index (χ1v) is 8.68. The number of para-hydroxylation sites is 1. The molecule has 26 heavy (non-hydrogen) atoms. The van der Waals surface area contributed by atoms with Crippen molar-refractivity contribution in [3.8, 4) is 5.75 Å². The lowest BCUT2D eigenvalue weighted by Crippen LogP contribution is -2.31. The molecule has 0 bridgehead atoms. The highest BCUT2D eigenvalue weighted by molar-refractivity contribution is 6.39. The molecule has 0 aliphatic carbocycles. The number of carbonyl (C=O) groups is 2. The maximum Gasteiger partial charge on any atom is 0.344 e. The van der Waals surface area contributed by atoms with Gasteiger partial charge in [-0.05, 0) is 44.5 Å². The van der Waals surface area contributed by atoms with Crippen LogP contribution < -0.4 is 10.1 Å². The fourth-order valence-electron chi connectivity index (χ4n) is 2.22. The van der Waals surface area contributed by atoms with Crippen LogP contribution in [0.1, 0.15) is 18.1 Å². The SMILES string of the molecule is Cc1ccc(OCC(=O)O[C@H](C)C(=O)Nc2c(Cl)cccc2Cl)c(C)c1. The quantitative estimate of drug-likeness (QED) is 0.728. The number of nitrogens with one attached hydrogen (secondary N) is 1. The van der Waals surface area contributed by atoms with Crippen molar-refractivity contribution in [3.63, 3.8) is 0 Å². The Hall–Kier alpha value is -2.24. The molecular weight excluding hydrogens is 377 g/mol. The molecule has 1 atom stereocenters. The number of aryl methyl sites for hydroxylation is 2. The summed E-state index contributed by atoms with van der Waals surface area (Å²) in [7, 11) is 0. The Bertz CT molecular complexity index is 803. The van der Waals surface area contributed by atoms with E-state index in [1.165, 1.54) is 6.92 Å². The van der Waals surface area contributed by atoms with Crippen LogP contribution in [0.4, 0.5) is 5.69 Å². The van der Waals surface area contributed by atoms with Crippen LogP contribution >= 0.6 is 23.2 Å². The lowest BCUT2D eigenvalue weighted by molar-refractivity contribution is -0.155. The smallest absolute Gasteiger partial charge is 0.344 e. The molecule has 5 nitrogen and oxygen atoms in total. The highest BCUT2D eigenvalue weighted by Crippen LogP contribution is 2.29. The number of ether oxygens (including phenoxy) is 2. The van der Waals surface area contributed by atoms with Gasteiger partial charge in [-0.1, -0.05) is 47.0 Å². The van der Waals surface area contributed by atoms with Crippen molar-refractivity contribution in [2.24, 2.45) is 0 Å². The molecule has 0 radical (unpaired) electrons. The largest absolute Gasteiger partial charge is 0.482 e. The second kappa shape index (κ2) is 8.92. The Balaban J connectivity index is 1.89. The summed E-state index contributed by atoms with van der Waals surface area (Å²) in [6.07, 6.45) is -1.03. The lowest BCUT2D eigenvalue weighted by atomic mass is 10.1. The van der Waals surface area contributed by atoms with Crippen molar-refractivity contribution >= 4 is 40.8 Å². The molecule has 0 saturated heterocycles. The van der Waals surface area contributed by atoms with Crippen molar-refractivity contribution in [2.45, 2.75) is 26.9 Å². The molecular formula is C19H19Cl2NO4. The molecule has 2 aromatic carbocycles. The number of carbonyl (C=O) groups excluding carboxylic acids is 2. The number of hydrogen-bond acceptors (Lipinski definition) is 4. The molecule has 0 aliphatic heterocycles. The number of rotatable bonds is 6. The summed E-state index contributed by atoms with van der Waals surface area (Å²) in [5.41, 5.74) is 2.29. The van der Waals surface area contributed by atoms with Gasteiger partial charge in [0.15, 0.2) is 12.7 Å². The molecule has 1 N–H and O–H groups in total. The van der Waals surface area contributed by atoms with Crippen LogP contribution in [0.5, 0.6) is 5.75 Å². The third-order valence-electron chi connectivity index (χ3n) is 3.56. The predicted molar refractivity (Wildman–Crippen MR) is 102 cm³/mol. The number of anilines is 1. The van der Waals surface area contributed by atoms with Gasteiger partial charge in [-0.3, -0.25) is 4.79 Å². The normalized spacial score (nSPS) is 11.6. The van der Waals surface area contributed by atoms with Crippen LogP contribution in [0.3, 0.4) is 0 Å². The first-order valence-electron chi connectivity index (χ1n) is 7.92. The molecule has 0 heterocycles. The first-order chi connectivity index (χ1) is 12.3. The van der Waals surface area contributed by atoms with Crippen molar-refractivity contribution in [2.75, 3.05) is 11.9 Å². The highest BCUT2D eigenvalue weighted by Gasteiger charge is 2.20. The minimum Gasteiger partial charge on any atom is -0.482 e. The fourth-order valence-corrected chi connectivity index (χ4v) is 2.72. The Morgan fingerprint density at radius 2 is 1.77 bits per heavy atom. The van der Waals surface area contributed by atoms with Gasteiger partial charge in [0.1, 0.15) is 5.75 Å². The predicted octanol–water partition coefficient (Wildman–Crippen LogP) is 4.56. The van der Waals surface area contributed by atoms with Crippen molar-refractivity contribution in [3.05, 3.63) is 57.6 Å². The molecule has 2 aromatic rings. The average molecular weight is 396 g/mol. The van der Waals surface area contributed by atoms with Crippen LogP contribution in [-0.4, -0.2) is 24.6 Å². The van der Waals surface area contributed by atoms with E-state index in [1.54, 1.807) is 24.3 Å². The van der Waals surface area contributed by atoms with Gasteiger partial charge in [-0.15, -0.1) is 0 Å². The van der Waals surface area contributed by atoms with Gasteiger partial charge in [0.2, 0.25) is 0 Å². The van der Waals surface area contributed by atoms with E-state index in [0.717, 1.165) is 11.1 Å². The maximum atomic E-state index is 12.2. The van der Waals surface area contributed by atoms with E-state index in [1.807, 2.05) is 26.0 Å². The van der Waals surface area contributed by atoms with E-state index in [4.69, 9.17) is 32.7 Å². The van der Waals surface area contributed by atoms with Crippen LogP contribution in [-0.2, 0) is 14.3 Å². The van der Waals surface area contributed by atoms with Gasteiger partial charge in [0.25, 0.3) is 5.91 Å². The van der Waals surface area contributed by atoms with Crippen LogP contribution in [0.15, 0.2) is 36.4 Å². The van der Waals surface area contributed by atoms with Crippen LogP contribution in [0, 0.1) is 13.8 Å². The molecule has 2 rings (SSSR count). The molecule has 7 heteroatoms. The van der Waals surface area contributed by atoms with Gasteiger partial charge in [-0.2, -0.15) is 0 Å². The summed E-state index contributed by atoms with van der Waals surface area (Å²) in [6.45, 7) is 5.01. The Kier molecular flexibility index (Phi) is 6.89. The number of amides is 1. The molecule has 0 saturated carbocycles. The number of halogens is 2. The fraction of sp³-hybridized carbons (Fsp3) is 0.263. The van der Waals surface area contributed by atoms with Gasteiger partial charge < -0.3 is 14.8 Å². The third-order valence-corrected chi connectivity index (χ3v) is 4.19. The molecule has 0 fully saturated rings. The zero-order valence-electron chi connectivity index (χ0n) is 14.6. The summed E-state index contributed by atoms with van der Waals surface area (Å²) < 4.78 is 10.5. The molecule has 1 amide bonds. The zero-order chi connectivity index (χ0) is 19.3. The monoisotopic (exact) mass is 395 g/mol. The van der Waals surface area contributed by atoms with Crippen LogP contribution in [0.25, 0.3) is 0 Å². The van der Waals surface area contributed by atoms with E-state index in [9.17, 15) is 9.59 Å². The molecule has 0 aromatic heterocycles. The topological polar surface area (TPSA) is 64.6 Å². The van der Waals surface area contributed by atoms with Crippen molar-refractivity contribution < 1.29 is 19.1 Å². The standard InChI is InChI=1S/C19H19Cl2NO4/c1-11-7-8-16(12(2)9-11)25-10-17(23)26-13(3)19(24)22-18-14(20)5-4-6-15(18)21/h4-9,13H,10H2,1-3H3,(H,22,24)/t13-/m1/s1. The van der Waals surface area contributed by atoms with E-state index in [0.29, 0.717) is 15.8 Å². The van der Waals surface area contributed by atoms with Crippen molar-refractivity contribution in [1.29, 1.82) is 0 Å². The summed E-state index contributed by atoms with van der Waals surface area (Å²) >= 11 is 12.0. The third kappa shape index (κ3) is 5.38. The summed E-state index contributed by atoms with van der Waals surface area (Å²) in [5.74, 6) is -0.606. The number of esters is 1. The zero-order valence-corrected chi connectivity index (χ0v) is 16.1. The van der Waals surface area contributed by atoms with Crippen molar-refractivity contribution in [1.82, 2.24) is 0 Å². The second-order valence-electron chi connectivity index (χ2n) is 5.78. The van der Waals surface area contributed by atoms with Gasteiger partial charge in [0.05, 0.1) is 15.7 Å². The van der Waals surface area contributed by atoms with Gasteiger partial charge >= 0.3 is 5.97 Å². The van der Waals surface area contributed by atoms with Gasteiger partial charge in [-0.25, -0.2) is 4.79 Å². The lowest BCUT2D eigenvalue weighted by Gasteiger charge is -2.15. The van der Waals surface area contributed by atoms with Gasteiger partial charge in [0, 0.05) is 0 Å². The second-order valence-corrected chi connectivity index (χ2v) is 6.59. The minimum absolute atomic E-state index is 0.273. The summed E-state index contributed by atoms with van der Waals surface area (Å²) in [4.78, 5) is 24.1. The first kappa shape index (κ1) is 20.1. The van der Waals surface area contributed by atoms with E-state index in [-0.39, 0.29) is 12.3 Å². The molecule has 138 valence electrons.